The lowest BCUT2D eigenvalue weighted by atomic mass is 10.1. The summed E-state index contributed by atoms with van der Waals surface area (Å²) in [6.07, 6.45) is 3.29. The van der Waals surface area contributed by atoms with Gasteiger partial charge in [0.2, 0.25) is 5.82 Å². The zero-order chi connectivity index (χ0) is 18.6. The van der Waals surface area contributed by atoms with E-state index in [1.54, 1.807) is 54.9 Å². The maximum Gasteiger partial charge on any atom is 0.258 e. The molecule has 0 spiro atoms. The van der Waals surface area contributed by atoms with E-state index in [4.69, 9.17) is 4.52 Å². The van der Waals surface area contributed by atoms with Crippen molar-refractivity contribution in [3.8, 4) is 22.8 Å². The molecule has 0 aliphatic heterocycles. The van der Waals surface area contributed by atoms with E-state index >= 15 is 0 Å². The third-order valence-corrected chi connectivity index (χ3v) is 3.87. The van der Waals surface area contributed by atoms with E-state index in [0.717, 1.165) is 11.1 Å². The lowest BCUT2D eigenvalue weighted by Crippen LogP contribution is -2.13. The van der Waals surface area contributed by atoms with Gasteiger partial charge in [0, 0.05) is 29.2 Å². The summed E-state index contributed by atoms with van der Waals surface area (Å²) in [6.45, 7) is 0. The second-order valence-electron chi connectivity index (χ2n) is 5.67. The molecule has 0 unspecified atom stereocenters. The van der Waals surface area contributed by atoms with Crippen LogP contribution in [0.1, 0.15) is 10.4 Å². The molecule has 2 aromatic carbocycles. The van der Waals surface area contributed by atoms with Crippen molar-refractivity contribution < 1.29 is 13.7 Å². The molecule has 0 saturated heterocycles. The van der Waals surface area contributed by atoms with Crippen molar-refractivity contribution >= 4 is 11.6 Å². The van der Waals surface area contributed by atoms with Gasteiger partial charge >= 0.3 is 0 Å². The number of benzene rings is 2. The zero-order valence-corrected chi connectivity index (χ0v) is 14.0. The Kier molecular flexibility index (Phi) is 4.40. The van der Waals surface area contributed by atoms with Gasteiger partial charge in [0.25, 0.3) is 11.8 Å². The highest BCUT2D eigenvalue weighted by Crippen LogP contribution is 2.23. The van der Waals surface area contributed by atoms with E-state index in [9.17, 15) is 9.18 Å². The lowest BCUT2D eigenvalue weighted by molar-refractivity contribution is 0.102. The standard InChI is InChI=1S/C20H13FN4O2/c21-17-4-2-1-3-16(17)19(26)23-15-7-5-13(6-8-15)18-24-20(27-25-18)14-9-11-22-12-10-14/h1-12H,(H,23,26). The van der Waals surface area contributed by atoms with Crippen molar-refractivity contribution in [1.82, 2.24) is 15.1 Å². The van der Waals surface area contributed by atoms with Crippen LogP contribution in [0.25, 0.3) is 22.8 Å². The van der Waals surface area contributed by atoms with Gasteiger partial charge in [-0.1, -0.05) is 17.3 Å². The Morgan fingerprint density at radius 1 is 0.926 bits per heavy atom. The number of anilines is 1. The smallest absolute Gasteiger partial charge is 0.258 e. The van der Waals surface area contributed by atoms with Crippen LogP contribution >= 0.6 is 0 Å². The van der Waals surface area contributed by atoms with Crippen LogP contribution in [-0.4, -0.2) is 21.0 Å². The molecule has 0 atom stereocenters. The van der Waals surface area contributed by atoms with E-state index in [1.807, 2.05) is 0 Å². The molecule has 132 valence electrons. The highest BCUT2D eigenvalue weighted by Gasteiger charge is 2.13. The highest BCUT2D eigenvalue weighted by molar-refractivity contribution is 6.04. The summed E-state index contributed by atoms with van der Waals surface area (Å²) in [5, 5.41) is 6.63. The number of rotatable bonds is 4. The predicted octanol–water partition coefficient (Wildman–Crippen LogP) is 4.19. The normalized spacial score (nSPS) is 10.6. The number of halogens is 1. The third kappa shape index (κ3) is 3.57. The average molecular weight is 360 g/mol. The van der Waals surface area contributed by atoms with Crippen LogP contribution in [0.2, 0.25) is 0 Å². The third-order valence-electron chi connectivity index (χ3n) is 3.87. The van der Waals surface area contributed by atoms with Gasteiger partial charge in [-0.25, -0.2) is 4.39 Å². The maximum atomic E-state index is 13.7. The number of pyridine rings is 1. The molecular formula is C20H13FN4O2. The van der Waals surface area contributed by atoms with E-state index in [0.29, 0.717) is 17.4 Å². The minimum atomic E-state index is -0.568. The fourth-order valence-electron chi connectivity index (χ4n) is 2.50. The molecule has 0 bridgehead atoms. The molecule has 0 saturated carbocycles. The molecular weight excluding hydrogens is 347 g/mol. The fraction of sp³-hybridized carbons (Fsp3) is 0. The van der Waals surface area contributed by atoms with Gasteiger partial charge in [-0.3, -0.25) is 9.78 Å². The molecule has 1 N–H and O–H groups in total. The fourth-order valence-corrected chi connectivity index (χ4v) is 2.50. The Hall–Kier alpha value is -3.87. The Morgan fingerprint density at radius 3 is 2.41 bits per heavy atom. The van der Waals surface area contributed by atoms with Crippen molar-refractivity contribution in [1.29, 1.82) is 0 Å². The summed E-state index contributed by atoms with van der Waals surface area (Å²) in [6, 6.07) is 16.2. The van der Waals surface area contributed by atoms with Crippen molar-refractivity contribution in [2.75, 3.05) is 5.32 Å². The summed E-state index contributed by atoms with van der Waals surface area (Å²) in [5.41, 5.74) is 2.02. The van der Waals surface area contributed by atoms with Gasteiger partial charge in [-0.15, -0.1) is 0 Å². The predicted molar refractivity (Wildman–Crippen MR) is 97.3 cm³/mol. The van der Waals surface area contributed by atoms with Crippen LogP contribution in [0.15, 0.2) is 77.6 Å². The molecule has 2 heterocycles. The number of carbonyl (C=O) groups excluding carboxylic acids is 1. The minimum absolute atomic E-state index is 0.0123. The minimum Gasteiger partial charge on any atom is -0.334 e. The molecule has 6 nitrogen and oxygen atoms in total. The Bertz CT molecular complexity index is 1080. The molecule has 27 heavy (non-hydrogen) atoms. The number of carbonyl (C=O) groups is 1. The average Bonchev–Trinajstić information content (AvgIpc) is 3.20. The number of nitrogens with zero attached hydrogens (tertiary/aromatic N) is 3. The first-order valence-corrected chi connectivity index (χ1v) is 8.11. The first-order chi connectivity index (χ1) is 13.2. The number of amides is 1. The van der Waals surface area contributed by atoms with Gasteiger partial charge in [-0.2, -0.15) is 4.98 Å². The second kappa shape index (κ2) is 7.17. The Labute approximate surface area is 153 Å². The van der Waals surface area contributed by atoms with Crippen molar-refractivity contribution in [2.24, 2.45) is 0 Å². The monoisotopic (exact) mass is 360 g/mol. The van der Waals surface area contributed by atoms with Crippen LogP contribution in [-0.2, 0) is 0 Å². The topological polar surface area (TPSA) is 80.9 Å². The summed E-state index contributed by atoms with van der Waals surface area (Å²) in [7, 11) is 0. The highest BCUT2D eigenvalue weighted by atomic mass is 19.1. The van der Waals surface area contributed by atoms with Gasteiger partial charge in [0.1, 0.15) is 5.82 Å². The van der Waals surface area contributed by atoms with Crippen LogP contribution in [0, 0.1) is 5.82 Å². The van der Waals surface area contributed by atoms with E-state index in [1.165, 1.54) is 18.2 Å². The largest absolute Gasteiger partial charge is 0.334 e. The van der Waals surface area contributed by atoms with Crippen LogP contribution in [0.4, 0.5) is 10.1 Å². The molecule has 4 aromatic rings. The number of aromatic nitrogens is 3. The first-order valence-electron chi connectivity index (χ1n) is 8.11. The van der Waals surface area contributed by atoms with Crippen LogP contribution in [0.3, 0.4) is 0 Å². The number of hydrogen-bond acceptors (Lipinski definition) is 5. The van der Waals surface area contributed by atoms with Crippen molar-refractivity contribution in [2.45, 2.75) is 0 Å². The van der Waals surface area contributed by atoms with Crippen LogP contribution in [0.5, 0.6) is 0 Å². The molecule has 0 aliphatic rings. The molecule has 1 amide bonds. The van der Waals surface area contributed by atoms with Gasteiger partial charge in [0.05, 0.1) is 5.56 Å². The molecule has 0 radical (unpaired) electrons. The molecule has 0 fully saturated rings. The van der Waals surface area contributed by atoms with Gasteiger partial charge in [0.15, 0.2) is 0 Å². The van der Waals surface area contributed by atoms with E-state index in [2.05, 4.69) is 20.4 Å². The van der Waals surface area contributed by atoms with Gasteiger partial charge in [-0.05, 0) is 48.5 Å². The SMILES string of the molecule is O=C(Nc1ccc(-c2noc(-c3ccncc3)n2)cc1)c1ccccc1F. The lowest BCUT2D eigenvalue weighted by Gasteiger charge is -2.06. The van der Waals surface area contributed by atoms with E-state index in [-0.39, 0.29) is 5.56 Å². The van der Waals surface area contributed by atoms with Crippen LogP contribution < -0.4 is 5.32 Å². The molecule has 2 aromatic heterocycles. The van der Waals surface area contributed by atoms with E-state index < -0.39 is 11.7 Å². The summed E-state index contributed by atoms with van der Waals surface area (Å²) in [4.78, 5) is 20.5. The molecule has 0 aliphatic carbocycles. The zero-order valence-electron chi connectivity index (χ0n) is 14.0. The maximum absolute atomic E-state index is 13.7. The second-order valence-corrected chi connectivity index (χ2v) is 5.67. The number of hydrogen-bond donors (Lipinski definition) is 1. The Morgan fingerprint density at radius 2 is 1.67 bits per heavy atom. The molecule has 4 rings (SSSR count). The summed E-state index contributed by atoms with van der Waals surface area (Å²) >= 11 is 0. The first kappa shape index (κ1) is 16.6. The van der Waals surface area contributed by atoms with Crippen molar-refractivity contribution in [3.63, 3.8) is 0 Å². The van der Waals surface area contributed by atoms with Gasteiger partial charge < -0.3 is 9.84 Å². The number of nitrogens with one attached hydrogen (secondary N) is 1. The van der Waals surface area contributed by atoms with Crippen molar-refractivity contribution in [3.05, 3.63) is 84.4 Å². The summed E-state index contributed by atoms with van der Waals surface area (Å²) in [5.74, 6) is -0.263. The quantitative estimate of drug-likeness (QED) is 0.590. The Balaban J connectivity index is 1.50. The summed E-state index contributed by atoms with van der Waals surface area (Å²) < 4.78 is 18.9. The molecule has 7 heteroatoms.